The number of carbonyl (C=O) groups is 2. The molecule has 1 N–H and O–H groups in total. The minimum absolute atomic E-state index is 0.0397. The van der Waals surface area contributed by atoms with Crippen LogP contribution in [0.15, 0.2) is 36.4 Å². The second-order valence-electron chi connectivity index (χ2n) is 6.92. The first-order chi connectivity index (χ1) is 12.9. The van der Waals surface area contributed by atoms with Crippen LogP contribution in [0.5, 0.6) is 0 Å². The van der Waals surface area contributed by atoms with E-state index in [1.54, 1.807) is 13.0 Å². The van der Waals surface area contributed by atoms with E-state index in [9.17, 15) is 19.7 Å². The number of fused-ring (bicyclic) bond motifs is 1. The number of hydrogen-bond acceptors (Lipinski definition) is 4. The molecule has 140 valence electrons. The number of hydrogen-bond donors (Lipinski definition) is 1. The van der Waals surface area contributed by atoms with Crippen molar-refractivity contribution in [1.29, 1.82) is 0 Å². The average molecular weight is 366 g/mol. The van der Waals surface area contributed by atoms with Gasteiger partial charge in [0.05, 0.1) is 10.6 Å². The highest BCUT2D eigenvalue weighted by Gasteiger charge is 2.15. The van der Waals surface area contributed by atoms with Crippen molar-refractivity contribution in [2.45, 2.75) is 45.4 Å². The van der Waals surface area contributed by atoms with Gasteiger partial charge in [0.15, 0.2) is 5.78 Å². The summed E-state index contributed by atoms with van der Waals surface area (Å²) in [6, 6.07) is 10.1. The topological polar surface area (TPSA) is 89.3 Å². The Balaban J connectivity index is 1.60. The normalized spacial score (nSPS) is 12.9. The SMILES string of the molecule is Cc1ccc([N+](=O)[O-])cc1NC(=O)CCC(=O)c1ccc2c(c1)CCCC2. The number of amides is 1. The fourth-order valence-electron chi connectivity index (χ4n) is 3.35. The van der Waals surface area contributed by atoms with E-state index in [2.05, 4.69) is 5.32 Å². The van der Waals surface area contributed by atoms with Gasteiger partial charge in [-0.05, 0) is 55.4 Å². The standard InChI is InChI=1S/C21H22N2O4/c1-14-6-9-18(23(26)27)13-19(14)22-21(25)11-10-20(24)17-8-7-15-4-2-3-5-16(15)12-17/h6-9,12-13H,2-5,10-11H2,1H3,(H,22,25). The van der Waals surface area contributed by atoms with Gasteiger partial charge in [-0.2, -0.15) is 0 Å². The number of rotatable bonds is 6. The lowest BCUT2D eigenvalue weighted by atomic mass is 9.89. The first-order valence-corrected chi connectivity index (χ1v) is 9.14. The van der Waals surface area contributed by atoms with Crippen molar-refractivity contribution in [3.8, 4) is 0 Å². The summed E-state index contributed by atoms with van der Waals surface area (Å²) in [4.78, 5) is 35.0. The maximum absolute atomic E-state index is 12.4. The minimum Gasteiger partial charge on any atom is -0.326 e. The molecule has 0 saturated heterocycles. The Morgan fingerprint density at radius 3 is 2.52 bits per heavy atom. The Morgan fingerprint density at radius 1 is 1.04 bits per heavy atom. The molecule has 0 unspecified atom stereocenters. The van der Waals surface area contributed by atoms with Crippen molar-refractivity contribution in [2.24, 2.45) is 0 Å². The fourth-order valence-corrected chi connectivity index (χ4v) is 3.35. The summed E-state index contributed by atoms with van der Waals surface area (Å²) in [6.45, 7) is 1.76. The molecule has 1 aliphatic carbocycles. The molecule has 0 radical (unpaired) electrons. The number of nitro groups is 1. The zero-order valence-electron chi connectivity index (χ0n) is 15.3. The van der Waals surface area contributed by atoms with Gasteiger partial charge in [0.1, 0.15) is 0 Å². The summed E-state index contributed by atoms with van der Waals surface area (Å²) in [5.74, 6) is -0.390. The van der Waals surface area contributed by atoms with Gasteiger partial charge in [0.2, 0.25) is 5.91 Å². The van der Waals surface area contributed by atoms with Crippen molar-refractivity contribution >= 4 is 23.1 Å². The number of Topliss-reactive ketones (excluding diaryl/α,β-unsaturated/α-hetero) is 1. The first-order valence-electron chi connectivity index (χ1n) is 9.14. The van der Waals surface area contributed by atoms with Crippen LogP contribution in [0.3, 0.4) is 0 Å². The summed E-state index contributed by atoms with van der Waals surface area (Å²) in [7, 11) is 0. The van der Waals surface area contributed by atoms with E-state index in [4.69, 9.17) is 0 Å². The second kappa shape index (κ2) is 8.12. The molecular formula is C21H22N2O4. The molecule has 6 nitrogen and oxygen atoms in total. The van der Waals surface area contributed by atoms with Gasteiger partial charge in [-0.3, -0.25) is 19.7 Å². The lowest BCUT2D eigenvalue weighted by Gasteiger charge is -2.16. The van der Waals surface area contributed by atoms with Gasteiger partial charge in [0, 0.05) is 30.5 Å². The highest BCUT2D eigenvalue weighted by Crippen LogP contribution is 2.24. The average Bonchev–Trinajstić information content (AvgIpc) is 2.67. The summed E-state index contributed by atoms with van der Waals surface area (Å²) in [6.07, 6.45) is 4.56. The summed E-state index contributed by atoms with van der Waals surface area (Å²) >= 11 is 0. The molecule has 0 saturated carbocycles. The maximum atomic E-state index is 12.4. The zero-order chi connectivity index (χ0) is 19.4. The number of ketones is 1. The van der Waals surface area contributed by atoms with Crippen LogP contribution in [0.25, 0.3) is 0 Å². The van der Waals surface area contributed by atoms with Crippen LogP contribution in [0.4, 0.5) is 11.4 Å². The monoisotopic (exact) mass is 366 g/mol. The molecule has 0 aliphatic heterocycles. The molecule has 0 atom stereocenters. The molecule has 2 aromatic carbocycles. The van der Waals surface area contributed by atoms with Crippen LogP contribution in [-0.4, -0.2) is 16.6 Å². The van der Waals surface area contributed by atoms with Crippen LogP contribution < -0.4 is 5.32 Å². The van der Waals surface area contributed by atoms with Gasteiger partial charge >= 0.3 is 0 Å². The molecule has 3 rings (SSSR count). The Hall–Kier alpha value is -3.02. The van der Waals surface area contributed by atoms with Crippen LogP contribution in [0.1, 0.15) is 52.7 Å². The molecular weight excluding hydrogens is 344 g/mol. The van der Waals surface area contributed by atoms with Gasteiger partial charge in [-0.1, -0.05) is 18.2 Å². The molecule has 0 fully saturated rings. The molecule has 0 spiro atoms. The van der Waals surface area contributed by atoms with Crippen molar-refractivity contribution in [1.82, 2.24) is 0 Å². The van der Waals surface area contributed by atoms with E-state index in [0.717, 1.165) is 24.8 Å². The number of aryl methyl sites for hydroxylation is 3. The number of nitro benzene ring substituents is 1. The second-order valence-corrected chi connectivity index (χ2v) is 6.92. The third-order valence-corrected chi connectivity index (χ3v) is 4.96. The van der Waals surface area contributed by atoms with Crippen molar-refractivity contribution in [3.05, 3.63) is 68.8 Å². The third-order valence-electron chi connectivity index (χ3n) is 4.96. The smallest absolute Gasteiger partial charge is 0.271 e. The predicted molar refractivity (Wildman–Crippen MR) is 103 cm³/mol. The number of nitrogens with one attached hydrogen (secondary N) is 1. The number of non-ortho nitro benzene ring substituents is 1. The summed E-state index contributed by atoms with van der Waals surface area (Å²) < 4.78 is 0. The van der Waals surface area contributed by atoms with E-state index in [1.165, 1.54) is 29.7 Å². The largest absolute Gasteiger partial charge is 0.326 e. The molecule has 0 heterocycles. The Labute approximate surface area is 157 Å². The van der Waals surface area contributed by atoms with E-state index in [-0.39, 0.29) is 30.2 Å². The fraction of sp³-hybridized carbons (Fsp3) is 0.333. The summed E-state index contributed by atoms with van der Waals surface area (Å²) in [5.41, 5.74) is 4.25. The van der Waals surface area contributed by atoms with Gasteiger partial charge in [0.25, 0.3) is 5.69 Å². The van der Waals surface area contributed by atoms with Crippen LogP contribution in [0, 0.1) is 17.0 Å². The van der Waals surface area contributed by atoms with E-state index >= 15 is 0 Å². The van der Waals surface area contributed by atoms with Crippen LogP contribution >= 0.6 is 0 Å². The molecule has 1 aliphatic rings. The minimum atomic E-state index is -0.505. The number of carbonyl (C=O) groups excluding carboxylic acids is 2. The lowest BCUT2D eigenvalue weighted by Crippen LogP contribution is -2.14. The highest BCUT2D eigenvalue weighted by molar-refractivity contribution is 6.00. The molecule has 27 heavy (non-hydrogen) atoms. The molecule has 6 heteroatoms. The van der Waals surface area contributed by atoms with Gasteiger partial charge < -0.3 is 5.32 Å². The zero-order valence-corrected chi connectivity index (χ0v) is 15.3. The quantitative estimate of drug-likeness (QED) is 0.467. The molecule has 2 aromatic rings. The number of anilines is 1. The van der Waals surface area contributed by atoms with E-state index in [0.29, 0.717) is 11.3 Å². The van der Waals surface area contributed by atoms with Crippen molar-refractivity contribution in [2.75, 3.05) is 5.32 Å². The Morgan fingerprint density at radius 2 is 1.78 bits per heavy atom. The number of benzene rings is 2. The molecule has 1 amide bonds. The van der Waals surface area contributed by atoms with Gasteiger partial charge in [-0.15, -0.1) is 0 Å². The Bertz CT molecular complexity index is 905. The summed E-state index contributed by atoms with van der Waals surface area (Å²) in [5, 5.41) is 13.5. The molecule has 0 aromatic heterocycles. The van der Waals surface area contributed by atoms with E-state index in [1.807, 2.05) is 18.2 Å². The number of nitrogens with zero attached hydrogens (tertiary/aromatic N) is 1. The highest BCUT2D eigenvalue weighted by atomic mass is 16.6. The first kappa shape index (κ1) is 18.8. The molecule has 0 bridgehead atoms. The van der Waals surface area contributed by atoms with Crippen molar-refractivity contribution < 1.29 is 14.5 Å². The van der Waals surface area contributed by atoms with Crippen LogP contribution in [0.2, 0.25) is 0 Å². The van der Waals surface area contributed by atoms with E-state index < -0.39 is 4.92 Å². The predicted octanol–water partition coefficient (Wildman–Crippen LogP) is 4.38. The lowest BCUT2D eigenvalue weighted by molar-refractivity contribution is -0.384. The maximum Gasteiger partial charge on any atom is 0.271 e. The van der Waals surface area contributed by atoms with Gasteiger partial charge in [-0.25, -0.2) is 0 Å². The van der Waals surface area contributed by atoms with Crippen LogP contribution in [-0.2, 0) is 17.6 Å². The Kier molecular flexibility index (Phi) is 5.64. The third kappa shape index (κ3) is 4.58. The van der Waals surface area contributed by atoms with Crippen molar-refractivity contribution in [3.63, 3.8) is 0 Å².